The van der Waals surface area contributed by atoms with Gasteiger partial charge in [-0.25, -0.2) is 9.97 Å². The Morgan fingerprint density at radius 2 is 1.78 bits per heavy atom. The molecule has 0 aliphatic heterocycles. The van der Waals surface area contributed by atoms with Gasteiger partial charge in [-0.05, 0) is 17.2 Å². The van der Waals surface area contributed by atoms with Crippen LogP contribution in [0.15, 0.2) is 60.8 Å². The van der Waals surface area contributed by atoms with Gasteiger partial charge in [-0.1, -0.05) is 48.5 Å². The van der Waals surface area contributed by atoms with Crippen LogP contribution in [0.4, 0.5) is 11.6 Å². The molecule has 0 radical (unpaired) electrons. The van der Waals surface area contributed by atoms with Crippen molar-refractivity contribution in [3.8, 4) is 11.3 Å². The smallest absolute Gasteiger partial charge is 0.169 e. The van der Waals surface area contributed by atoms with E-state index < -0.39 is 0 Å². The number of nitrogens with zero attached hydrogens (tertiary/aromatic N) is 2. The number of aliphatic hydroxyl groups is 1. The van der Waals surface area contributed by atoms with Gasteiger partial charge in [0.1, 0.15) is 0 Å². The van der Waals surface area contributed by atoms with Crippen LogP contribution < -0.4 is 11.1 Å². The van der Waals surface area contributed by atoms with Gasteiger partial charge in [0, 0.05) is 12.1 Å². The molecule has 1 heterocycles. The lowest BCUT2D eigenvalue weighted by Crippen LogP contribution is -2.06. The minimum Gasteiger partial charge on any atom is -0.392 e. The van der Waals surface area contributed by atoms with Crippen LogP contribution in [0.5, 0.6) is 0 Å². The van der Waals surface area contributed by atoms with Gasteiger partial charge in [0.2, 0.25) is 0 Å². The summed E-state index contributed by atoms with van der Waals surface area (Å²) in [6.07, 6.45) is 1.64. The molecule has 0 aliphatic carbocycles. The minimum absolute atomic E-state index is 0.00461. The number of benzene rings is 2. The molecule has 3 aromatic rings. The Balaban J connectivity index is 1.84. The van der Waals surface area contributed by atoms with Crippen molar-refractivity contribution in [3.05, 3.63) is 71.9 Å². The highest BCUT2D eigenvalue weighted by molar-refractivity contribution is 5.65. The third-order valence-electron chi connectivity index (χ3n) is 3.51. The molecule has 5 nitrogen and oxygen atoms in total. The first-order valence-electron chi connectivity index (χ1n) is 7.37. The summed E-state index contributed by atoms with van der Waals surface area (Å²) in [5, 5.41) is 12.5. The number of hydrogen-bond donors (Lipinski definition) is 3. The summed E-state index contributed by atoms with van der Waals surface area (Å²) < 4.78 is 0. The fourth-order valence-electron chi connectivity index (χ4n) is 2.28. The molecule has 0 amide bonds. The van der Waals surface area contributed by atoms with E-state index in [0.717, 1.165) is 16.7 Å². The van der Waals surface area contributed by atoms with E-state index in [1.165, 1.54) is 0 Å². The summed E-state index contributed by atoms with van der Waals surface area (Å²) in [6.45, 7) is 0.620. The molecule has 0 saturated heterocycles. The van der Waals surface area contributed by atoms with Crippen molar-refractivity contribution < 1.29 is 5.11 Å². The Morgan fingerprint density at radius 1 is 1.00 bits per heavy atom. The van der Waals surface area contributed by atoms with E-state index in [4.69, 9.17) is 5.73 Å². The Bertz CT molecular complexity index is 790. The Kier molecular flexibility index (Phi) is 4.49. The largest absolute Gasteiger partial charge is 0.392 e. The lowest BCUT2D eigenvalue weighted by molar-refractivity contribution is 0.282. The lowest BCUT2D eigenvalue weighted by Gasteiger charge is -2.10. The summed E-state index contributed by atoms with van der Waals surface area (Å²) >= 11 is 0. The number of rotatable bonds is 5. The number of hydrogen-bond acceptors (Lipinski definition) is 5. The highest BCUT2D eigenvalue weighted by Gasteiger charge is 2.07. The van der Waals surface area contributed by atoms with Gasteiger partial charge in [-0.3, -0.25) is 0 Å². The van der Waals surface area contributed by atoms with Gasteiger partial charge in [0.25, 0.3) is 0 Å². The summed E-state index contributed by atoms with van der Waals surface area (Å²) in [6, 6.07) is 17.6. The first kappa shape index (κ1) is 15.0. The molecule has 2 aromatic carbocycles. The average molecular weight is 306 g/mol. The third kappa shape index (κ3) is 3.64. The summed E-state index contributed by atoms with van der Waals surface area (Å²) in [5.41, 5.74) is 9.49. The Hall–Kier alpha value is -2.92. The molecule has 23 heavy (non-hydrogen) atoms. The van der Waals surface area contributed by atoms with Gasteiger partial charge in [-0.15, -0.1) is 0 Å². The zero-order valence-electron chi connectivity index (χ0n) is 12.6. The second-order valence-electron chi connectivity index (χ2n) is 5.19. The number of aliphatic hydroxyl groups excluding tert-OH is 1. The fraction of sp³-hybridized carbons (Fsp3) is 0.111. The molecule has 0 spiro atoms. The van der Waals surface area contributed by atoms with Gasteiger partial charge in [-0.2, -0.15) is 0 Å². The van der Waals surface area contributed by atoms with Crippen LogP contribution in [0.2, 0.25) is 0 Å². The van der Waals surface area contributed by atoms with Crippen LogP contribution in [0.1, 0.15) is 11.1 Å². The number of nitrogens with one attached hydrogen (secondary N) is 1. The molecular weight excluding hydrogens is 288 g/mol. The molecule has 0 bridgehead atoms. The maximum atomic E-state index is 9.25. The number of aromatic nitrogens is 2. The third-order valence-corrected chi connectivity index (χ3v) is 3.51. The van der Waals surface area contributed by atoms with Gasteiger partial charge >= 0.3 is 0 Å². The second kappa shape index (κ2) is 6.89. The van der Waals surface area contributed by atoms with E-state index in [2.05, 4.69) is 15.3 Å². The van der Waals surface area contributed by atoms with E-state index in [-0.39, 0.29) is 6.61 Å². The number of anilines is 2. The van der Waals surface area contributed by atoms with Gasteiger partial charge < -0.3 is 16.2 Å². The quantitative estimate of drug-likeness (QED) is 0.675. The van der Waals surface area contributed by atoms with Crippen LogP contribution in [-0.4, -0.2) is 15.1 Å². The number of nitrogens with two attached hydrogens (primary N) is 1. The van der Waals surface area contributed by atoms with Crippen LogP contribution in [-0.2, 0) is 13.2 Å². The molecule has 1 aromatic heterocycles. The molecule has 0 saturated carbocycles. The number of nitrogen functional groups attached to an aromatic ring is 1. The fourth-order valence-corrected chi connectivity index (χ4v) is 2.28. The molecule has 0 aliphatic rings. The summed E-state index contributed by atoms with van der Waals surface area (Å²) in [7, 11) is 0. The van der Waals surface area contributed by atoms with Crippen molar-refractivity contribution in [2.24, 2.45) is 0 Å². The SMILES string of the molecule is Nc1ncc(-c2cccc(CO)c2)nc1NCc1ccccc1. The summed E-state index contributed by atoms with van der Waals surface area (Å²) in [4.78, 5) is 8.77. The standard InChI is InChI=1S/C18H18N4O/c19-17-18(21-10-13-5-2-1-3-6-13)22-16(11-20-17)15-8-4-7-14(9-15)12-23/h1-9,11,23H,10,12H2,(H2,19,20)(H,21,22). The average Bonchev–Trinajstić information content (AvgIpc) is 2.62. The highest BCUT2D eigenvalue weighted by Crippen LogP contribution is 2.22. The van der Waals surface area contributed by atoms with Crippen molar-refractivity contribution in [2.45, 2.75) is 13.2 Å². The van der Waals surface area contributed by atoms with E-state index >= 15 is 0 Å². The summed E-state index contributed by atoms with van der Waals surface area (Å²) in [5.74, 6) is 0.920. The predicted molar refractivity (Wildman–Crippen MR) is 91.6 cm³/mol. The minimum atomic E-state index is -0.00461. The second-order valence-corrected chi connectivity index (χ2v) is 5.19. The van der Waals surface area contributed by atoms with Gasteiger partial charge in [0.15, 0.2) is 11.6 Å². The highest BCUT2D eigenvalue weighted by atomic mass is 16.3. The lowest BCUT2D eigenvalue weighted by atomic mass is 10.1. The molecule has 3 rings (SSSR count). The molecular formula is C18H18N4O. The molecule has 0 fully saturated rings. The molecule has 4 N–H and O–H groups in total. The van der Waals surface area contributed by atoms with Crippen LogP contribution in [0.3, 0.4) is 0 Å². The first-order chi connectivity index (χ1) is 11.3. The topological polar surface area (TPSA) is 84.1 Å². The maximum Gasteiger partial charge on any atom is 0.169 e. The molecule has 116 valence electrons. The molecule has 0 unspecified atom stereocenters. The van der Waals surface area contributed by atoms with Gasteiger partial charge in [0.05, 0.1) is 18.5 Å². The molecule has 0 atom stereocenters. The van der Waals surface area contributed by atoms with E-state index in [9.17, 15) is 5.11 Å². The van der Waals surface area contributed by atoms with Crippen LogP contribution >= 0.6 is 0 Å². The van der Waals surface area contributed by atoms with E-state index in [1.54, 1.807) is 6.20 Å². The molecule has 5 heteroatoms. The van der Waals surface area contributed by atoms with Crippen molar-refractivity contribution in [1.29, 1.82) is 0 Å². The maximum absolute atomic E-state index is 9.25. The van der Waals surface area contributed by atoms with Crippen molar-refractivity contribution in [2.75, 3.05) is 11.1 Å². The van der Waals surface area contributed by atoms with Crippen molar-refractivity contribution in [3.63, 3.8) is 0 Å². The van der Waals surface area contributed by atoms with E-state index in [0.29, 0.717) is 23.9 Å². The predicted octanol–water partition coefficient (Wildman–Crippen LogP) is 2.83. The monoisotopic (exact) mass is 306 g/mol. The first-order valence-corrected chi connectivity index (χ1v) is 7.37. The van der Waals surface area contributed by atoms with Crippen LogP contribution in [0.25, 0.3) is 11.3 Å². The normalized spacial score (nSPS) is 10.5. The Labute approximate surface area is 134 Å². The zero-order chi connectivity index (χ0) is 16.1. The van der Waals surface area contributed by atoms with Crippen molar-refractivity contribution >= 4 is 11.6 Å². The van der Waals surface area contributed by atoms with E-state index in [1.807, 2.05) is 54.6 Å². The van der Waals surface area contributed by atoms with Crippen molar-refractivity contribution in [1.82, 2.24) is 9.97 Å². The Morgan fingerprint density at radius 3 is 2.57 bits per heavy atom. The van der Waals surface area contributed by atoms with Crippen LogP contribution in [0, 0.1) is 0 Å². The zero-order valence-corrected chi connectivity index (χ0v) is 12.6.